The van der Waals surface area contributed by atoms with Crippen LogP contribution in [0.25, 0.3) is 22.3 Å². The van der Waals surface area contributed by atoms with Gasteiger partial charge in [0, 0.05) is 15.1 Å². The van der Waals surface area contributed by atoms with E-state index in [9.17, 15) is 9.59 Å². The first-order valence-corrected chi connectivity index (χ1v) is 9.91. The highest BCUT2D eigenvalue weighted by Crippen LogP contribution is 2.32. The minimum atomic E-state index is -0.660. The fourth-order valence-corrected chi connectivity index (χ4v) is 3.52. The molecule has 0 saturated carbocycles. The fourth-order valence-electron chi connectivity index (χ4n) is 2.95. The van der Waals surface area contributed by atoms with Gasteiger partial charge in [0.05, 0.1) is 10.9 Å². The quantitative estimate of drug-likeness (QED) is 0.326. The molecule has 0 fully saturated rings. The van der Waals surface area contributed by atoms with Gasteiger partial charge in [0.15, 0.2) is 5.76 Å². The summed E-state index contributed by atoms with van der Waals surface area (Å²) in [5, 5.41) is 0.886. The van der Waals surface area contributed by atoms with Crippen LogP contribution in [-0.4, -0.2) is 5.97 Å². The van der Waals surface area contributed by atoms with Gasteiger partial charge >= 0.3 is 5.97 Å². The number of carbonyl (C=O) groups excluding carboxylic acids is 1. The number of rotatable bonds is 3. The summed E-state index contributed by atoms with van der Waals surface area (Å²) in [7, 11) is 0. The van der Waals surface area contributed by atoms with E-state index in [1.165, 1.54) is 0 Å². The van der Waals surface area contributed by atoms with Gasteiger partial charge in [-0.15, -0.1) is 0 Å². The first-order chi connectivity index (χ1) is 13.9. The number of aryl methyl sites for hydroxylation is 1. The Morgan fingerprint density at radius 3 is 2.48 bits per heavy atom. The van der Waals surface area contributed by atoms with Crippen molar-refractivity contribution in [2.24, 2.45) is 0 Å². The second-order valence-electron chi connectivity index (χ2n) is 6.47. The molecule has 144 valence electrons. The first-order valence-electron chi connectivity index (χ1n) is 8.74. The molecule has 0 spiro atoms. The maximum absolute atomic E-state index is 13.2. The minimum Gasteiger partial charge on any atom is -0.452 e. The third kappa shape index (κ3) is 3.84. The largest absolute Gasteiger partial charge is 0.452 e. The van der Waals surface area contributed by atoms with Crippen molar-refractivity contribution in [1.29, 1.82) is 0 Å². The average molecular weight is 470 g/mol. The number of benzene rings is 3. The van der Waals surface area contributed by atoms with Crippen LogP contribution in [0, 0.1) is 6.92 Å². The lowest BCUT2D eigenvalue weighted by molar-refractivity contribution is 0.0730. The molecular weight excluding hydrogens is 456 g/mol. The zero-order valence-corrected chi connectivity index (χ0v) is 17.6. The van der Waals surface area contributed by atoms with Gasteiger partial charge in [-0.05, 0) is 71.4 Å². The van der Waals surface area contributed by atoms with E-state index >= 15 is 0 Å². The minimum absolute atomic E-state index is 0.161. The average Bonchev–Trinajstić information content (AvgIpc) is 2.71. The lowest BCUT2D eigenvalue weighted by Gasteiger charge is -2.11. The molecule has 0 radical (unpaired) electrons. The predicted octanol–water partition coefficient (Wildman–Crippen LogP) is 6.40. The van der Waals surface area contributed by atoms with Crippen molar-refractivity contribution in [3.8, 4) is 17.1 Å². The third-order valence-electron chi connectivity index (χ3n) is 4.40. The van der Waals surface area contributed by atoms with E-state index < -0.39 is 11.4 Å². The van der Waals surface area contributed by atoms with Crippen molar-refractivity contribution in [3.63, 3.8) is 0 Å². The molecule has 0 aliphatic carbocycles. The first kappa shape index (κ1) is 19.4. The van der Waals surface area contributed by atoms with Gasteiger partial charge in [-0.25, -0.2) is 4.79 Å². The lowest BCUT2D eigenvalue weighted by atomic mass is 10.1. The van der Waals surface area contributed by atoms with Crippen molar-refractivity contribution in [1.82, 2.24) is 0 Å². The second kappa shape index (κ2) is 7.85. The molecule has 4 aromatic rings. The highest BCUT2D eigenvalue weighted by molar-refractivity contribution is 9.10. The van der Waals surface area contributed by atoms with E-state index in [-0.39, 0.29) is 11.5 Å². The molecule has 6 heteroatoms. The van der Waals surface area contributed by atoms with Gasteiger partial charge in [0.2, 0.25) is 11.2 Å². The Morgan fingerprint density at radius 1 is 1.03 bits per heavy atom. The smallest absolute Gasteiger partial charge is 0.344 e. The van der Waals surface area contributed by atoms with Gasteiger partial charge in [-0.3, -0.25) is 4.79 Å². The van der Waals surface area contributed by atoms with Crippen LogP contribution in [0.2, 0.25) is 5.02 Å². The molecule has 0 amide bonds. The molecule has 1 aromatic heterocycles. The number of hydrogen-bond acceptors (Lipinski definition) is 4. The highest BCUT2D eigenvalue weighted by atomic mass is 79.9. The van der Waals surface area contributed by atoms with E-state index in [4.69, 9.17) is 20.8 Å². The molecule has 29 heavy (non-hydrogen) atoms. The van der Waals surface area contributed by atoms with Gasteiger partial charge in [0.1, 0.15) is 5.58 Å². The van der Waals surface area contributed by atoms with E-state index in [1.54, 1.807) is 60.7 Å². The van der Waals surface area contributed by atoms with Crippen LogP contribution in [0.5, 0.6) is 5.75 Å². The molecule has 4 rings (SSSR count). The number of carbonyl (C=O) groups is 1. The Labute approximate surface area is 179 Å². The molecule has 4 nitrogen and oxygen atoms in total. The summed E-state index contributed by atoms with van der Waals surface area (Å²) in [5.74, 6) is -0.651. The molecular formula is C23H14BrClO4. The second-order valence-corrected chi connectivity index (χ2v) is 7.76. The summed E-state index contributed by atoms with van der Waals surface area (Å²) in [6.07, 6.45) is 0. The molecule has 3 aromatic carbocycles. The number of esters is 1. The zero-order chi connectivity index (χ0) is 20.5. The van der Waals surface area contributed by atoms with Crippen LogP contribution in [0.4, 0.5) is 0 Å². The molecule has 0 saturated heterocycles. The topological polar surface area (TPSA) is 56.5 Å². The van der Waals surface area contributed by atoms with Crippen LogP contribution in [0.1, 0.15) is 15.9 Å². The van der Waals surface area contributed by atoms with E-state index in [0.29, 0.717) is 31.6 Å². The normalized spacial score (nSPS) is 10.9. The van der Waals surface area contributed by atoms with Gasteiger partial charge in [0.25, 0.3) is 0 Å². The number of fused-ring (bicyclic) bond motifs is 1. The number of halogens is 2. The van der Waals surface area contributed by atoms with Crippen LogP contribution >= 0.6 is 27.5 Å². The molecule has 0 aliphatic rings. The Kier molecular flexibility index (Phi) is 5.26. The van der Waals surface area contributed by atoms with Gasteiger partial charge < -0.3 is 9.15 Å². The molecule has 0 atom stereocenters. The van der Waals surface area contributed by atoms with Crippen LogP contribution in [0.15, 0.2) is 80.4 Å². The van der Waals surface area contributed by atoms with Crippen LogP contribution < -0.4 is 10.2 Å². The van der Waals surface area contributed by atoms with Crippen molar-refractivity contribution in [3.05, 3.63) is 97.6 Å². The summed E-state index contributed by atoms with van der Waals surface area (Å²) in [4.78, 5) is 26.0. The maximum atomic E-state index is 13.2. The van der Waals surface area contributed by atoms with Gasteiger partial charge in [-0.2, -0.15) is 0 Å². The fraction of sp³-hybridized carbons (Fsp3) is 0.0435. The maximum Gasteiger partial charge on any atom is 0.344 e. The van der Waals surface area contributed by atoms with Crippen LogP contribution in [0.3, 0.4) is 0 Å². The Morgan fingerprint density at radius 2 is 1.76 bits per heavy atom. The highest BCUT2D eigenvalue weighted by Gasteiger charge is 2.22. The molecule has 0 bridgehead atoms. The van der Waals surface area contributed by atoms with Crippen LogP contribution in [-0.2, 0) is 0 Å². The summed E-state index contributed by atoms with van der Waals surface area (Å²) in [5.41, 5.74) is 1.76. The number of ether oxygens (including phenoxy) is 1. The summed E-state index contributed by atoms with van der Waals surface area (Å²) in [6.45, 7) is 1.87. The number of hydrogen-bond donors (Lipinski definition) is 0. The van der Waals surface area contributed by atoms with Crippen molar-refractivity contribution in [2.75, 3.05) is 0 Å². The zero-order valence-electron chi connectivity index (χ0n) is 15.2. The molecule has 0 aliphatic heterocycles. The SMILES string of the molecule is Cc1ccc2oc(-c3ccc(Cl)cc3)c(OC(=O)c3ccccc3Br)c(=O)c2c1. The standard InChI is InChI=1S/C23H14BrClO4/c1-13-6-11-19-17(12-13)20(26)22(21(28-19)14-7-9-15(25)10-8-14)29-23(27)16-4-2-3-5-18(16)24/h2-12H,1H3. The lowest BCUT2D eigenvalue weighted by Crippen LogP contribution is -2.16. The molecule has 0 unspecified atom stereocenters. The Balaban J connectivity index is 1.92. The predicted molar refractivity (Wildman–Crippen MR) is 117 cm³/mol. The van der Waals surface area contributed by atoms with Crippen molar-refractivity contribution < 1.29 is 13.9 Å². The monoisotopic (exact) mass is 468 g/mol. The molecule has 1 heterocycles. The van der Waals surface area contributed by atoms with Gasteiger partial charge in [-0.1, -0.05) is 35.4 Å². The Bertz CT molecular complexity index is 1290. The summed E-state index contributed by atoms with van der Waals surface area (Å²) < 4.78 is 12.1. The van der Waals surface area contributed by atoms with E-state index in [1.807, 2.05) is 13.0 Å². The van der Waals surface area contributed by atoms with E-state index in [2.05, 4.69) is 15.9 Å². The van der Waals surface area contributed by atoms with Crippen molar-refractivity contribution >= 4 is 44.5 Å². The van der Waals surface area contributed by atoms with E-state index in [0.717, 1.165) is 5.56 Å². The van der Waals surface area contributed by atoms with Crippen molar-refractivity contribution in [2.45, 2.75) is 6.92 Å². The third-order valence-corrected chi connectivity index (χ3v) is 5.34. The molecule has 0 N–H and O–H groups in total. The summed E-state index contributed by atoms with van der Waals surface area (Å²) in [6, 6.07) is 18.9. The summed E-state index contributed by atoms with van der Waals surface area (Å²) >= 11 is 9.31. The Hall–Kier alpha value is -2.89.